The number of halogens is 1. The van der Waals surface area contributed by atoms with Gasteiger partial charge in [-0.1, -0.05) is 12.1 Å². The van der Waals surface area contributed by atoms with Crippen molar-refractivity contribution in [2.75, 3.05) is 19.6 Å². The van der Waals surface area contributed by atoms with Gasteiger partial charge in [0.2, 0.25) is 0 Å². The number of amides is 2. The molecule has 1 aromatic rings. The molecule has 1 aliphatic heterocycles. The summed E-state index contributed by atoms with van der Waals surface area (Å²) in [5.74, 6) is -1.58. The van der Waals surface area contributed by atoms with E-state index < -0.39 is 11.8 Å². The summed E-state index contributed by atoms with van der Waals surface area (Å²) < 4.78 is 13.2. The van der Waals surface area contributed by atoms with E-state index in [1.54, 1.807) is 12.1 Å². The first-order chi connectivity index (χ1) is 10.5. The molecule has 1 aliphatic rings. The molecule has 7 heteroatoms. The number of carbonyl (C=O) groups is 2. The molecule has 1 aromatic carbocycles. The third-order valence-electron chi connectivity index (χ3n) is 3.46. The molecule has 1 saturated heterocycles. The first kappa shape index (κ1) is 15.8. The quantitative estimate of drug-likeness (QED) is 0.897. The number of nitrogens with zero attached hydrogens (tertiary/aromatic N) is 3. The molecule has 0 atom stereocenters. The minimum absolute atomic E-state index is 0.0401. The van der Waals surface area contributed by atoms with Crippen LogP contribution in [0.4, 0.5) is 9.18 Å². The van der Waals surface area contributed by atoms with Crippen LogP contribution in [-0.4, -0.2) is 46.5 Å². The van der Waals surface area contributed by atoms with Crippen molar-refractivity contribution in [3.8, 4) is 6.07 Å². The molecule has 0 aliphatic carbocycles. The summed E-state index contributed by atoms with van der Waals surface area (Å²) in [7, 11) is 0. The Morgan fingerprint density at radius 2 is 2.18 bits per heavy atom. The van der Waals surface area contributed by atoms with E-state index >= 15 is 0 Å². The Kier molecular flexibility index (Phi) is 4.94. The average molecular weight is 305 g/mol. The summed E-state index contributed by atoms with van der Waals surface area (Å²) in [6.07, 6.45) is -0.184. The molecule has 116 valence electrons. The Balaban J connectivity index is 2.04. The second-order valence-corrected chi connectivity index (χ2v) is 5.21. The second-order valence-electron chi connectivity index (χ2n) is 5.21. The topological polar surface area (TPSA) is 84.6 Å². The average Bonchev–Trinajstić information content (AvgIpc) is 2.42. The normalized spacial score (nSPS) is 14.1. The van der Waals surface area contributed by atoms with Gasteiger partial charge in [-0.3, -0.25) is 4.79 Å². The number of rotatable bonds is 5. The number of aliphatic carboxylic acids is 1. The number of hydrogen-bond acceptors (Lipinski definition) is 3. The van der Waals surface area contributed by atoms with Crippen molar-refractivity contribution in [3.63, 3.8) is 0 Å². The van der Waals surface area contributed by atoms with Gasteiger partial charge < -0.3 is 14.9 Å². The lowest BCUT2D eigenvalue weighted by Crippen LogP contribution is -2.54. The Bertz CT molecular complexity index is 608. The molecule has 1 fully saturated rings. The SMILES string of the molecule is N#CC1CN(C(=O)N(CCC(=O)O)Cc2cccc(F)c2)C1. The van der Waals surface area contributed by atoms with Gasteiger partial charge in [-0.05, 0) is 17.7 Å². The smallest absolute Gasteiger partial charge is 0.320 e. The van der Waals surface area contributed by atoms with Crippen LogP contribution < -0.4 is 0 Å². The minimum Gasteiger partial charge on any atom is -0.481 e. The van der Waals surface area contributed by atoms with Crippen molar-refractivity contribution >= 4 is 12.0 Å². The fourth-order valence-electron chi connectivity index (χ4n) is 2.25. The van der Waals surface area contributed by atoms with Crippen LogP contribution in [-0.2, 0) is 11.3 Å². The van der Waals surface area contributed by atoms with Crippen LogP contribution in [0.15, 0.2) is 24.3 Å². The van der Waals surface area contributed by atoms with E-state index in [1.807, 2.05) is 0 Å². The van der Waals surface area contributed by atoms with E-state index in [9.17, 15) is 14.0 Å². The molecule has 2 rings (SSSR count). The maximum atomic E-state index is 13.2. The van der Waals surface area contributed by atoms with E-state index in [1.165, 1.54) is 21.9 Å². The first-order valence-corrected chi connectivity index (χ1v) is 6.89. The molecule has 0 aromatic heterocycles. The Hall–Kier alpha value is -2.62. The molecule has 22 heavy (non-hydrogen) atoms. The van der Waals surface area contributed by atoms with E-state index in [-0.39, 0.29) is 31.5 Å². The summed E-state index contributed by atoms with van der Waals surface area (Å²) in [6, 6.07) is 7.59. The van der Waals surface area contributed by atoms with Crippen LogP contribution in [0.3, 0.4) is 0 Å². The lowest BCUT2D eigenvalue weighted by molar-refractivity contribution is -0.137. The van der Waals surface area contributed by atoms with Gasteiger partial charge in [-0.25, -0.2) is 9.18 Å². The summed E-state index contributed by atoms with van der Waals surface area (Å²) in [5, 5.41) is 17.5. The predicted molar refractivity (Wildman–Crippen MR) is 75.1 cm³/mol. The van der Waals surface area contributed by atoms with Crippen LogP contribution in [0, 0.1) is 23.1 Å². The van der Waals surface area contributed by atoms with E-state index in [0.29, 0.717) is 18.7 Å². The Morgan fingerprint density at radius 3 is 2.77 bits per heavy atom. The summed E-state index contributed by atoms with van der Waals surface area (Å²) in [6.45, 7) is 0.875. The summed E-state index contributed by atoms with van der Waals surface area (Å²) in [5.41, 5.74) is 0.594. The highest BCUT2D eigenvalue weighted by Gasteiger charge is 2.33. The number of carboxylic acid groups (broad SMARTS) is 1. The van der Waals surface area contributed by atoms with Gasteiger partial charge in [-0.15, -0.1) is 0 Å². The number of hydrogen-bond donors (Lipinski definition) is 1. The van der Waals surface area contributed by atoms with E-state index in [4.69, 9.17) is 10.4 Å². The van der Waals surface area contributed by atoms with E-state index in [0.717, 1.165) is 0 Å². The number of carboxylic acids is 1. The van der Waals surface area contributed by atoms with Crippen molar-refractivity contribution in [1.29, 1.82) is 5.26 Å². The monoisotopic (exact) mass is 305 g/mol. The largest absolute Gasteiger partial charge is 0.481 e. The maximum Gasteiger partial charge on any atom is 0.320 e. The van der Waals surface area contributed by atoms with Gasteiger partial charge in [0.25, 0.3) is 0 Å². The van der Waals surface area contributed by atoms with Gasteiger partial charge in [-0.2, -0.15) is 5.26 Å². The summed E-state index contributed by atoms with van der Waals surface area (Å²) >= 11 is 0. The van der Waals surface area contributed by atoms with Crippen LogP contribution in [0.5, 0.6) is 0 Å². The fourth-order valence-corrected chi connectivity index (χ4v) is 2.25. The molecular formula is C15H16FN3O3. The molecule has 0 saturated carbocycles. The van der Waals surface area contributed by atoms with Gasteiger partial charge >= 0.3 is 12.0 Å². The van der Waals surface area contributed by atoms with Gasteiger partial charge in [0.05, 0.1) is 18.4 Å². The predicted octanol–water partition coefficient (Wildman–Crippen LogP) is 1.68. The summed E-state index contributed by atoms with van der Waals surface area (Å²) in [4.78, 5) is 25.9. The van der Waals surface area contributed by atoms with Gasteiger partial charge in [0.1, 0.15) is 5.82 Å². The number of nitriles is 1. The third-order valence-corrected chi connectivity index (χ3v) is 3.46. The third kappa shape index (κ3) is 3.95. The first-order valence-electron chi connectivity index (χ1n) is 6.89. The van der Waals surface area contributed by atoms with Crippen molar-refractivity contribution in [3.05, 3.63) is 35.6 Å². The standard InChI is InChI=1S/C15H16FN3O3/c16-13-3-1-2-11(6-13)8-18(5-4-14(20)21)15(22)19-9-12(7-17)10-19/h1-3,6,12H,4-5,8-10H2,(H,20,21). The zero-order chi connectivity index (χ0) is 16.1. The molecule has 1 N–H and O–H groups in total. The van der Waals surface area contributed by atoms with Crippen molar-refractivity contribution in [1.82, 2.24) is 9.80 Å². The Labute approximate surface area is 127 Å². The zero-order valence-electron chi connectivity index (χ0n) is 11.9. The molecule has 2 amide bonds. The van der Waals surface area contributed by atoms with Crippen LogP contribution >= 0.6 is 0 Å². The highest BCUT2D eigenvalue weighted by molar-refractivity contribution is 5.76. The molecule has 0 bridgehead atoms. The van der Waals surface area contributed by atoms with E-state index in [2.05, 4.69) is 6.07 Å². The number of benzene rings is 1. The minimum atomic E-state index is -1.00. The maximum absolute atomic E-state index is 13.2. The van der Waals surface area contributed by atoms with Crippen molar-refractivity contribution < 1.29 is 19.1 Å². The second kappa shape index (κ2) is 6.89. The van der Waals surface area contributed by atoms with Crippen LogP contribution in [0.25, 0.3) is 0 Å². The lowest BCUT2D eigenvalue weighted by atomic mass is 10.0. The molecule has 1 heterocycles. The molecule has 6 nitrogen and oxygen atoms in total. The number of likely N-dealkylation sites (tertiary alicyclic amines) is 1. The van der Waals surface area contributed by atoms with Crippen molar-refractivity contribution in [2.45, 2.75) is 13.0 Å². The van der Waals surface area contributed by atoms with Crippen LogP contribution in [0.2, 0.25) is 0 Å². The highest BCUT2D eigenvalue weighted by atomic mass is 19.1. The molecular weight excluding hydrogens is 289 g/mol. The highest BCUT2D eigenvalue weighted by Crippen LogP contribution is 2.18. The molecule has 0 unspecified atom stereocenters. The van der Waals surface area contributed by atoms with Crippen LogP contribution in [0.1, 0.15) is 12.0 Å². The van der Waals surface area contributed by atoms with Gasteiger partial charge in [0.15, 0.2) is 0 Å². The molecule has 0 radical (unpaired) electrons. The number of urea groups is 1. The number of carbonyl (C=O) groups excluding carboxylic acids is 1. The zero-order valence-corrected chi connectivity index (χ0v) is 11.9. The fraction of sp³-hybridized carbons (Fsp3) is 0.400. The molecule has 0 spiro atoms. The Morgan fingerprint density at radius 1 is 1.45 bits per heavy atom. The van der Waals surface area contributed by atoms with Gasteiger partial charge in [0, 0.05) is 26.2 Å². The lowest BCUT2D eigenvalue weighted by Gasteiger charge is -2.39. The van der Waals surface area contributed by atoms with Crippen molar-refractivity contribution in [2.24, 2.45) is 5.92 Å².